The fourth-order valence-electron chi connectivity index (χ4n) is 3.49. The number of carbonyl (C=O) groups is 3. The van der Waals surface area contributed by atoms with E-state index >= 15 is 0 Å². The molecule has 0 bridgehead atoms. The second-order valence-electron chi connectivity index (χ2n) is 7.38. The van der Waals surface area contributed by atoms with Crippen molar-refractivity contribution in [1.29, 1.82) is 0 Å². The Balaban J connectivity index is 1.49. The fraction of sp³-hybridized carbons (Fsp3) is 0.450. The molecule has 1 saturated carbocycles. The smallest absolute Gasteiger partial charge is 0.326 e. The van der Waals surface area contributed by atoms with Gasteiger partial charge in [0.15, 0.2) is 0 Å². The normalized spacial score (nSPS) is 17.7. The molecule has 1 aromatic carbocycles. The van der Waals surface area contributed by atoms with Crippen LogP contribution in [0.1, 0.15) is 44.1 Å². The van der Waals surface area contributed by atoms with E-state index in [4.69, 9.17) is 4.74 Å². The van der Waals surface area contributed by atoms with Crippen LogP contribution in [0.3, 0.4) is 0 Å². The lowest BCUT2D eigenvalue weighted by Gasteiger charge is -2.22. The predicted molar refractivity (Wildman–Crippen MR) is 111 cm³/mol. The molecular weight excluding hydrogens is 406 g/mol. The second-order valence-corrected chi connectivity index (χ2v) is 7.38. The molecule has 11 heteroatoms. The maximum atomic E-state index is 11.9. The Morgan fingerprint density at radius 3 is 2.68 bits per heavy atom. The van der Waals surface area contributed by atoms with Crippen LogP contribution in [0.2, 0.25) is 0 Å². The van der Waals surface area contributed by atoms with Crippen molar-refractivity contribution >= 4 is 29.7 Å². The zero-order chi connectivity index (χ0) is 22.2. The highest BCUT2D eigenvalue weighted by atomic mass is 16.6. The number of amides is 5. The van der Waals surface area contributed by atoms with Gasteiger partial charge in [-0.15, -0.1) is 0 Å². The van der Waals surface area contributed by atoms with Crippen LogP contribution in [0.5, 0.6) is 5.75 Å². The van der Waals surface area contributed by atoms with Crippen molar-refractivity contribution in [3.63, 3.8) is 0 Å². The maximum Gasteiger partial charge on any atom is 0.326 e. The number of hydrogen-bond donors (Lipinski definition) is 4. The van der Waals surface area contributed by atoms with E-state index < -0.39 is 16.9 Å². The first kappa shape index (κ1) is 22.1. The third-order valence-corrected chi connectivity index (χ3v) is 5.03. The number of nitrogens with one attached hydrogen (secondary N) is 4. The van der Waals surface area contributed by atoms with E-state index in [1.807, 2.05) is 5.32 Å². The zero-order valence-corrected chi connectivity index (χ0v) is 16.9. The van der Waals surface area contributed by atoms with Crippen LogP contribution in [0.25, 0.3) is 6.08 Å². The number of nitro benzene ring substituents is 1. The Morgan fingerprint density at radius 2 is 2.00 bits per heavy atom. The summed E-state index contributed by atoms with van der Waals surface area (Å²) in [6.07, 6.45) is 7.31. The largest absolute Gasteiger partial charge is 0.493 e. The van der Waals surface area contributed by atoms with Crippen molar-refractivity contribution in [2.45, 2.75) is 44.6 Å². The Labute approximate surface area is 178 Å². The molecule has 1 saturated heterocycles. The van der Waals surface area contributed by atoms with Crippen LogP contribution in [0.15, 0.2) is 23.9 Å². The third-order valence-electron chi connectivity index (χ3n) is 5.03. The SMILES string of the molecule is O=C1NC(=O)/C(=C/c2cc(OCCCNC(=O)NC3CCCCC3)ccc2[N+](=O)[O-])N1. The van der Waals surface area contributed by atoms with E-state index in [0.29, 0.717) is 18.7 Å². The summed E-state index contributed by atoms with van der Waals surface area (Å²) in [5.41, 5.74) is -0.187. The molecule has 2 fully saturated rings. The minimum Gasteiger partial charge on any atom is -0.493 e. The summed E-state index contributed by atoms with van der Waals surface area (Å²) >= 11 is 0. The van der Waals surface area contributed by atoms with Gasteiger partial charge in [-0.1, -0.05) is 19.3 Å². The molecule has 31 heavy (non-hydrogen) atoms. The Hall–Kier alpha value is -3.63. The molecule has 5 amide bonds. The molecule has 0 unspecified atom stereocenters. The number of carbonyl (C=O) groups excluding carboxylic acids is 3. The highest BCUT2D eigenvalue weighted by molar-refractivity contribution is 6.14. The van der Waals surface area contributed by atoms with Gasteiger partial charge in [-0.25, -0.2) is 9.59 Å². The predicted octanol–water partition coefficient (Wildman–Crippen LogP) is 2.18. The maximum absolute atomic E-state index is 11.9. The zero-order valence-electron chi connectivity index (χ0n) is 16.9. The Kier molecular flexibility index (Phi) is 7.41. The van der Waals surface area contributed by atoms with E-state index in [2.05, 4.69) is 16.0 Å². The van der Waals surface area contributed by atoms with Gasteiger partial charge in [-0.3, -0.25) is 20.2 Å². The monoisotopic (exact) mass is 431 g/mol. The number of benzene rings is 1. The number of nitrogens with zero attached hydrogens (tertiary/aromatic N) is 1. The van der Waals surface area contributed by atoms with Crippen molar-refractivity contribution in [2.24, 2.45) is 0 Å². The summed E-state index contributed by atoms with van der Waals surface area (Å²) in [7, 11) is 0. The van der Waals surface area contributed by atoms with E-state index in [9.17, 15) is 24.5 Å². The van der Waals surface area contributed by atoms with Crippen molar-refractivity contribution in [1.82, 2.24) is 21.3 Å². The molecule has 166 valence electrons. The lowest BCUT2D eigenvalue weighted by Crippen LogP contribution is -2.43. The molecular formula is C20H25N5O6. The number of ether oxygens (including phenoxy) is 1. The summed E-state index contributed by atoms with van der Waals surface area (Å²) in [4.78, 5) is 45.5. The third kappa shape index (κ3) is 6.43. The average Bonchev–Trinajstić information content (AvgIpc) is 3.05. The Morgan fingerprint density at radius 1 is 1.23 bits per heavy atom. The molecule has 4 N–H and O–H groups in total. The van der Waals surface area contributed by atoms with Gasteiger partial charge in [-0.05, 0) is 37.5 Å². The summed E-state index contributed by atoms with van der Waals surface area (Å²) in [5.74, 6) is -0.294. The number of urea groups is 2. The summed E-state index contributed by atoms with van der Waals surface area (Å²) < 4.78 is 5.61. The lowest BCUT2D eigenvalue weighted by atomic mass is 9.96. The van der Waals surface area contributed by atoms with Crippen LogP contribution in [-0.2, 0) is 4.79 Å². The number of hydrogen-bond acceptors (Lipinski definition) is 6. The molecule has 0 radical (unpaired) electrons. The van der Waals surface area contributed by atoms with Crippen LogP contribution in [0, 0.1) is 10.1 Å². The van der Waals surface area contributed by atoms with Gasteiger partial charge in [0.1, 0.15) is 11.4 Å². The van der Waals surface area contributed by atoms with Crippen LogP contribution >= 0.6 is 0 Å². The van der Waals surface area contributed by atoms with Crippen molar-refractivity contribution in [3.05, 3.63) is 39.6 Å². The summed E-state index contributed by atoms with van der Waals surface area (Å²) in [5, 5.41) is 21.3. The molecule has 0 atom stereocenters. The van der Waals surface area contributed by atoms with Crippen LogP contribution in [-0.4, -0.2) is 42.1 Å². The van der Waals surface area contributed by atoms with Crippen molar-refractivity contribution in [3.8, 4) is 5.75 Å². The van der Waals surface area contributed by atoms with Gasteiger partial charge in [0.05, 0.1) is 17.1 Å². The van der Waals surface area contributed by atoms with Gasteiger partial charge in [0, 0.05) is 18.7 Å². The fourth-order valence-corrected chi connectivity index (χ4v) is 3.49. The summed E-state index contributed by atoms with van der Waals surface area (Å²) in [6.45, 7) is 0.712. The van der Waals surface area contributed by atoms with Crippen LogP contribution in [0.4, 0.5) is 15.3 Å². The van der Waals surface area contributed by atoms with Gasteiger partial charge in [0.2, 0.25) is 0 Å². The molecule has 1 aromatic rings. The number of imide groups is 1. The van der Waals surface area contributed by atoms with Gasteiger partial charge >= 0.3 is 12.1 Å². The lowest BCUT2D eigenvalue weighted by molar-refractivity contribution is -0.385. The summed E-state index contributed by atoms with van der Waals surface area (Å²) in [6, 6.07) is 3.51. The molecule has 2 aliphatic rings. The Bertz CT molecular complexity index is 894. The first-order chi connectivity index (χ1) is 14.9. The van der Waals surface area contributed by atoms with Gasteiger partial charge < -0.3 is 20.7 Å². The second kappa shape index (κ2) is 10.4. The van der Waals surface area contributed by atoms with Crippen LogP contribution < -0.4 is 26.0 Å². The van der Waals surface area contributed by atoms with E-state index in [1.165, 1.54) is 30.7 Å². The van der Waals surface area contributed by atoms with E-state index in [0.717, 1.165) is 25.7 Å². The first-order valence-corrected chi connectivity index (χ1v) is 10.2. The minimum atomic E-state index is -0.689. The van der Waals surface area contributed by atoms with Crippen molar-refractivity contribution in [2.75, 3.05) is 13.2 Å². The van der Waals surface area contributed by atoms with Gasteiger partial charge in [0.25, 0.3) is 11.6 Å². The molecule has 11 nitrogen and oxygen atoms in total. The van der Waals surface area contributed by atoms with Crippen molar-refractivity contribution < 1.29 is 24.0 Å². The quantitative estimate of drug-likeness (QED) is 0.163. The molecule has 1 aliphatic heterocycles. The topological polar surface area (TPSA) is 152 Å². The molecule has 1 aliphatic carbocycles. The number of rotatable bonds is 8. The average molecular weight is 431 g/mol. The standard InChI is InChI=1S/C20H25N5O6/c26-18-16(23-20(28)24-18)12-13-11-15(7-8-17(13)25(29)30)31-10-4-9-21-19(27)22-14-5-2-1-3-6-14/h7-8,11-12,14H,1-6,9-10H2,(H2,21,22,27)(H2,23,24,26,28)/b16-12-. The minimum absolute atomic E-state index is 0.0848. The van der Waals surface area contributed by atoms with Gasteiger partial charge in [-0.2, -0.15) is 0 Å². The molecule has 0 spiro atoms. The molecule has 1 heterocycles. The first-order valence-electron chi connectivity index (χ1n) is 10.2. The highest BCUT2D eigenvalue weighted by Crippen LogP contribution is 2.26. The highest BCUT2D eigenvalue weighted by Gasteiger charge is 2.24. The van der Waals surface area contributed by atoms with E-state index in [-0.39, 0.29) is 35.6 Å². The molecule has 3 rings (SSSR count). The van der Waals surface area contributed by atoms with E-state index in [1.54, 1.807) is 0 Å². The molecule has 0 aromatic heterocycles. The number of nitro groups is 1.